The Kier molecular flexibility index (Phi) is 13.0. The van der Waals surface area contributed by atoms with Gasteiger partial charge in [0.15, 0.2) is 28.5 Å². The molecule has 0 bridgehead atoms. The first kappa shape index (κ1) is 54.2. The SMILES string of the molecule is C[C@@H]1CC2C3C[C@H](F)C4=CC(=O)C=C[C@]4(C)[C@@]3(F)[C@@H](O)C[C@]2(C)[C@@]1(OC(=O)c1ccco1)C(=O)O.C[C@@H]1CC2C3C[C@H](F)C4=CC(=O)C=C[C@]4(C)[C@@]3(F)[C@@H](O)C[C@]2(C)[C@@]1(OC(=O)c1ccco1)C(=O)SC(=O)N(C)C. The first-order valence-electron chi connectivity index (χ1n) is 25.1. The number of carbonyl (C=O) groups excluding carboxylic acids is 6. The Balaban J connectivity index is 0.000000185. The van der Waals surface area contributed by atoms with Crippen molar-refractivity contribution < 1.29 is 84.8 Å². The van der Waals surface area contributed by atoms with E-state index in [4.69, 9.17) is 18.3 Å². The van der Waals surface area contributed by atoms with Crippen molar-refractivity contribution in [3.05, 3.63) is 95.9 Å². The Hall–Kier alpha value is -5.60. The summed E-state index contributed by atoms with van der Waals surface area (Å²) in [5.41, 5.74) is -14.7. The Labute approximate surface area is 434 Å². The second-order valence-corrected chi connectivity index (χ2v) is 24.0. The molecule has 20 heteroatoms. The maximum atomic E-state index is 17.5. The first-order chi connectivity index (χ1) is 35.0. The molecule has 1 amide bonds. The summed E-state index contributed by atoms with van der Waals surface area (Å²) in [5, 5.41) is 32.1. The van der Waals surface area contributed by atoms with Gasteiger partial charge in [-0.15, -0.1) is 0 Å². The van der Waals surface area contributed by atoms with E-state index < -0.39 is 144 Å². The largest absolute Gasteiger partial charge is 0.478 e. The highest BCUT2D eigenvalue weighted by Gasteiger charge is 2.80. The van der Waals surface area contributed by atoms with E-state index in [-0.39, 0.29) is 61.2 Å². The van der Waals surface area contributed by atoms with Crippen molar-refractivity contribution in [1.82, 2.24) is 4.90 Å². The summed E-state index contributed by atoms with van der Waals surface area (Å²) < 4.78 is 88.0. The first-order valence-corrected chi connectivity index (χ1v) is 25.9. The molecule has 75 heavy (non-hydrogen) atoms. The van der Waals surface area contributed by atoms with Gasteiger partial charge in [-0.3, -0.25) is 19.2 Å². The van der Waals surface area contributed by atoms with E-state index in [0.717, 1.165) is 12.2 Å². The number of aliphatic carboxylic acids is 1. The van der Waals surface area contributed by atoms with E-state index >= 15 is 17.6 Å². The summed E-state index contributed by atoms with van der Waals surface area (Å²) in [4.78, 5) is 91.0. The third-order valence-electron chi connectivity index (χ3n) is 19.5. The minimum atomic E-state index is -2.36. The molecule has 2 aromatic heterocycles. The van der Waals surface area contributed by atoms with Gasteiger partial charge in [0.25, 0.3) is 5.24 Å². The normalized spacial score (nSPS) is 43.9. The minimum absolute atomic E-state index is 0.00815. The average molecular weight is 1070 g/mol. The molecule has 2 heterocycles. The van der Waals surface area contributed by atoms with Gasteiger partial charge in [0.2, 0.25) is 22.2 Å². The fourth-order valence-corrected chi connectivity index (χ4v) is 16.9. The fraction of sp³-hybridized carbons (Fsp3) is 0.582. The van der Waals surface area contributed by atoms with E-state index in [0.29, 0.717) is 11.8 Å². The smallest absolute Gasteiger partial charge is 0.375 e. The molecule has 0 aliphatic heterocycles. The van der Waals surface area contributed by atoms with Gasteiger partial charge >= 0.3 is 17.9 Å². The van der Waals surface area contributed by atoms with Crippen LogP contribution in [0.25, 0.3) is 0 Å². The highest BCUT2D eigenvalue weighted by molar-refractivity contribution is 8.26. The summed E-state index contributed by atoms with van der Waals surface area (Å²) in [6, 6.07) is 5.67. The lowest BCUT2D eigenvalue weighted by molar-refractivity contribution is -0.229. The number of hydrogen-bond donors (Lipinski definition) is 3. The number of amides is 1. The zero-order valence-corrected chi connectivity index (χ0v) is 43.5. The van der Waals surface area contributed by atoms with Crippen LogP contribution in [0, 0.1) is 57.2 Å². The van der Waals surface area contributed by atoms with Crippen molar-refractivity contribution in [2.45, 2.75) is 127 Å². The lowest BCUT2D eigenvalue weighted by Gasteiger charge is -2.63. The summed E-state index contributed by atoms with van der Waals surface area (Å²) in [7, 11) is 2.96. The molecule has 15 nitrogen and oxygen atoms in total. The summed E-state index contributed by atoms with van der Waals surface area (Å²) in [6.07, 6.45) is 2.18. The van der Waals surface area contributed by atoms with E-state index in [1.165, 1.54) is 93.9 Å². The molecular weight excluding hydrogens is 1010 g/mol. The number of rotatable bonds is 6. The summed E-state index contributed by atoms with van der Waals surface area (Å²) in [6.45, 7) is 9.50. The van der Waals surface area contributed by atoms with E-state index in [2.05, 4.69) is 0 Å². The molecule has 3 N–H and O–H groups in total. The van der Waals surface area contributed by atoms with Crippen molar-refractivity contribution in [3.63, 3.8) is 0 Å². The number of carbonyl (C=O) groups is 7. The number of furan rings is 2. The van der Waals surface area contributed by atoms with Crippen LogP contribution >= 0.6 is 11.8 Å². The summed E-state index contributed by atoms with van der Waals surface area (Å²) in [5.74, 6) is -9.58. The number of ether oxygens (including phenoxy) is 2. The van der Waals surface area contributed by atoms with Crippen molar-refractivity contribution >= 4 is 51.6 Å². The van der Waals surface area contributed by atoms with E-state index in [9.17, 15) is 48.9 Å². The second kappa shape index (κ2) is 18.0. The van der Waals surface area contributed by atoms with Crippen molar-refractivity contribution in [2.75, 3.05) is 14.1 Å². The van der Waals surface area contributed by atoms with Crippen LogP contribution in [0.1, 0.15) is 101 Å². The van der Waals surface area contributed by atoms with Gasteiger partial charge in [0.05, 0.1) is 24.7 Å². The number of esters is 2. The Morgan fingerprint density at radius 3 is 1.45 bits per heavy atom. The van der Waals surface area contributed by atoms with E-state index in [1.54, 1.807) is 27.7 Å². The van der Waals surface area contributed by atoms with Gasteiger partial charge in [-0.2, -0.15) is 0 Å². The van der Waals surface area contributed by atoms with Crippen molar-refractivity contribution in [3.8, 4) is 0 Å². The number of hydrogen-bond acceptors (Lipinski definition) is 14. The highest BCUT2D eigenvalue weighted by atomic mass is 32.2. The maximum absolute atomic E-state index is 17.5. The van der Waals surface area contributed by atoms with Crippen LogP contribution in [0.15, 0.2) is 93.2 Å². The molecular formula is C55H61F4NO14S. The number of halogens is 4. The highest BCUT2D eigenvalue weighted by Crippen LogP contribution is 2.74. The van der Waals surface area contributed by atoms with Crippen LogP contribution in [0.4, 0.5) is 22.4 Å². The zero-order chi connectivity index (χ0) is 55.0. The number of aliphatic hydroxyl groups is 2. The third kappa shape index (κ3) is 7.22. The average Bonchev–Trinajstić information content (AvgIpc) is 4.16. The number of allylic oxidation sites excluding steroid dienone is 8. The van der Waals surface area contributed by atoms with Gasteiger partial charge in [0, 0.05) is 71.2 Å². The molecule has 4 unspecified atom stereocenters. The number of aliphatic hydroxyl groups excluding tert-OH is 2. The molecule has 0 aromatic carbocycles. The number of carboxylic acids is 1. The molecule has 8 aliphatic carbocycles. The molecule has 6 saturated carbocycles. The van der Waals surface area contributed by atoms with Gasteiger partial charge in [-0.1, -0.05) is 39.8 Å². The Bertz CT molecular complexity index is 2870. The van der Waals surface area contributed by atoms with Crippen molar-refractivity contribution in [1.29, 1.82) is 0 Å². The van der Waals surface area contributed by atoms with Gasteiger partial charge < -0.3 is 38.5 Å². The monoisotopic (exact) mass is 1070 g/mol. The van der Waals surface area contributed by atoms with Crippen molar-refractivity contribution in [2.24, 2.45) is 57.2 Å². The topological polar surface area (TPSA) is 228 Å². The molecule has 18 atom stereocenters. The Morgan fingerprint density at radius 1 is 0.667 bits per heavy atom. The van der Waals surface area contributed by atoms with Crippen LogP contribution in [-0.2, 0) is 28.7 Å². The van der Waals surface area contributed by atoms with Gasteiger partial charge in [-0.25, -0.2) is 31.9 Å². The van der Waals surface area contributed by atoms with E-state index in [1.807, 2.05) is 0 Å². The van der Waals surface area contributed by atoms with Gasteiger partial charge in [-0.05, 0) is 124 Å². The third-order valence-corrected chi connectivity index (χ3v) is 20.5. The lowest BCUT2D eigenvalue weighted by Crippen LogP contribution is -2.71. The predicted octanol–water partition coefficient (Wildman–Crippen LogP) is 8.51. The Morgan fingerprint density at radius 2 is 1.07 bits per heavy atom. The molecule has 0 saturated heterocycles. The zero-order valence-electron chi connectivity index (χ0n) is 42.6. The molecule has 0 spiro atoms. The lowest BCUT2D eigenvalue weighted by atomic mass is 9.44. The number of nitrogens with zero attached hydrogens (tertiary/aromatic N) is 1. The maximum Gasteiger partial charge on any atom is 0.375 e. The fourth-order valence-electron chi connectivity index (χ4n) is 15.9. The number of thioether (sulfide) groups is 1. The van der Waals surface area contributed by atoms with Gasteiger partial charge in [0.1, 0.15) is 12.3 Å². The predicted molar refractivity (Wildman–Crippen MR) is 259 cm³/mol. The van der Waals surface area contributed by atoms with Crippen LogP contribution in [0.2, 0.25) is 0 Å². The quantitative estimate of drug-likeness (QED) is 0.182. The molecule has 404 valence electrons. The number of carboxylic acid groups (broad SMARTS) is 1. The molecule has 8 aliphatic rings. The molecule has 10 rings (SSSR count). The van der Waals surface area contributed by atoms with Crippen LogP contribution < -0.4 is 0 Å². The minimum Gasteiger partial charge on any atom is -0.478 e. The van der Waals surface area contributed by atoms with Crippen LogP contribution in [0.3, 0.4) is 0 Å². The van der Waals surface area contributed by atoms with Crippen LogP contribution in [0.5, 0.6) is 0 Å². The summed E-state index contributed by atoms with van der Waals surface area (Å²) >= 11 is 0.382. The second-order valence-electron chi connectivity index (χ2n) is 23.1. The number of fused-ring (bicyclic) bond motifs is 10. The standard InChI is InChI=1S/C29H33F2NO7S.C26H28F2O7/c1-15-11-17-18-13-20(30)19-12-16(33)8-9-26(19,2)28(18,31)22(34)14-27(17,3)29(15,24(36)40-25(37)32(4)5)39-23(35)21-7-6-10-38-21;1-13-9-15-16-11-18(27)17-10-14(29)6-7-23(17,2)25(16,28)20(30)12-24(15,3)26(13,22(32)33)35-21(31)19-5-4-8-34-19/h6-10,12,15,17-18,20,22,34H,11,13-14H2,1-5H3;4-8,10,13,15-16,18,20,30H,9,11-12H2,1-3H3,(H,32,33)/t15-,17?,18?,20+,22+,26+,27+,28+,29+;13-,15?,16?,18+,20+,23+,24+,25+,26+/m11/s1. The number of ketones is 2. The van der Waals surface area contributed by atoms with Crippen LogP contribution in [-0.4, -0.2) is 121 Å². The molecule has 2 aromatic rings. The molecule has 0 radical (unpaired) electrons. The molecule has 6 fully saturated rings. The number of alkyl halides is 4.